The van der Waals surface area contributed by atoms with Crippen molar-refractivity contribution in [2.75, 3.05) is 10.7 Å². The minimum Gasteiger partial charge on any atom is -0.323 e. The van der Waals surface area contributed by atoms with E-state index in [0.29, 0.717) is 17.1 Å². The lowest BCUT2D eigenvalue weighted by Crippen LogP contribution is -2.18. The molecule has 0 aliphatic rings. The highest BCUT2D eigenvalue weighted by Crippen LogP contribution is 2.15. The molecule has 92 valence electrons. The summed E-state index contributed by atoms with van der Waals surface area (Å²) in [4.78, 5) is 19.9. The molecule has 2 aromatic heterocycles. The van der Waals surface area contributed by atoms with Crippen molar-refractivity contribution in [2.45, 2.75) is 0 Å². The highest BCUT2D eigenvalue weighted by atomic mass is 79.9. The van der Waals surface area contributed by atoms with Crippen molar-refractivity contribution in [3.05, 3.63) is 46.8 Å². The van der Waals surface area contributed by atoms with Crippen molar-refractivity contribution in [1.82, 2.24) is 9.97 Å². The summed E-state index contributed by atoms with van der Waals surface area (Å²) in [7, 11) is 0. The summed E-state index contributed by atoms with van der Waals surface area (Å²) in [6.45, 7) is 0. The van der Waals surface area contributed by atoms with E-state index in [1.165, 1.54) is 6.20 Å². The van der Waals surface area contributed by atoms with Crippen molar-refractivity contribution in [3.8, 4) is 0 Å². The van der Waals surface area contributed by atoms with Gasteiger partial charge in [-0.25, -0.2) is 4.98 Å². The Bertz CT molecular complexity index is 558. The predicted molar refractivity (Wildman–Crippen MR) is 71.9 cm³/mol. The van der Waals surface area contributed by atoms with Crippen LogP contribution in [-0.2, 0) is 0 Å². The van der Waals surface area contributed by atoms with Gasteiger partial charge in [-0.3, -0.25) is 15.6 Å². The van der Waals surface area contributed by atoms with Gasteiger partial charge in [-0.1, -0.05) is 0 Å². The molecular formula is C11H10BrN5O. The van der Waals surface area contributed by atoms with E-state index in [0.717, 1.165) is 4.47 Å². The lowest BCUT2D eigenvalue weighted by Gasteiger charge is -2.08. The Hall–Kier alpha value is -1.99. The third-order valence-corrected chi connectivity index (χ3v) is 2.66. The van der Waals surface area contributed by atoms with Gasteiger partial charge in [-0.2, -0.15) is 0 Å². The molecule has 0 aromatic carbocycles. The van der Waals surface area contributed by atoms with Gasteiger partial charge >= 0.3 is 0 Å². The lowest BCUT2D eigenvalue weighted by atomic mass is 10.2. The quantitative estimate of drug-likeness (QED) is 0.593. The first-order valence-corrected chi connectivity index (χ1v) is 5.83. The number of hydrogen-bond acceptors (Lipinski definition) is 5. The van der Waals surface area contributed by atoms with Gasteiger partial charge in [0.25, 0.3) is 5.91 Å². The average Bonchev–Trinajstić information content (AvgIpc) is 2.41. The molecule has 7 heteroatoms. The predicted octanol–water partition coefficient (Wildman–Crippen LogP) is 1.78. The number of anilines is 2. The van der Waals surface area contributed by atoms with Gasteiger partial charge in [-0.15, -0.1) is 0 Å². The summed E-state index contributed by atoms with van der Waals surface area (Å²) in [5.41, 5.74) is 3.29. The smallest absolute Gasteiger partial charge is 0.260 e. The van der Waals surface area contributed by atoms with Crippen LogP contribution in [0.15, 0.2) is 41.3 Å². The third-order valence-electron chi connectivity index (χ3n) is 2.19. The number of amides is 1. The van der Waals surface area contributed by atoms with Gasteiger partial charge in [0.05, 0.1) is 11.3 Å². The van der Waals surface area contributed by atoms with E-state index in [1.54, 1.807) is 30.6 Å². The molecule has 0 radical (unpaired) electrons. The zero-order valence-corrected chi connectivity index (χ0v) is 10.8. The minimum atomic E-state index is -0.328. The van der Waals surface area contributed by atoms with Gasteiger partial charge < -0.3 is 10.7 Å². The van der Waals surface area contributed by atoms with E-state index in [2.05, 4.69) is 36.6 Å². The zero-order chi connectivity index (χ0) is 13.0. The summed E-state index contributed by atoms with van der Waals surface area (Å²) < 4.78 is 0.839. The van der Waals surface area contributed by atoms with Crippen molar-refractivity contribution >= 4 is 33.3 Å². The Morgan fingerprint density at radius 1 is 1.28 bits per heavy atom. The van der Waals surface area contributed by atoms with Crippen LogP contribution in [0.1, 0.15) is 10.4 Å². The molecule has 0 aliphatic carbocycles. The number of hydrazine groups is 1. The molecule has 0 bridgehead atoms. The van der Waals surface area contributed by atoms with Crippen molar-refractivity contribution < 1.29 is 4.79 Å². The second-order valence-electron chi connectivity index (χ2n) is 3.38. The number of aromatic nitrogens is 2. The van der Waals surface area contributed by atoms with Crippen LogP contribution in [0.4, 0.5) is 11.5 Å². The highest BCUT2D eigenvalue weighted by Gasteiger charge is 2.11. The van der Waals surface area contributed by atoms with Crippen LogP contribution in [0.5, 0.6) is 0 Å². The van der Waals surface area contributed by atoms with Gasteiger partial charge in [0.15, 0.2) is 0 Å². The Labute approximate surface area is 112 Å². The van der Waals surface area contributed by atoms with Crippen molar-refractivity contribution in [3.63, 3.8) is 0 Å². The van der Waals surface area contributed by atoms with Crippen LogP contribution in [0.25, 0.3) is 0 Å². The second-order valence-corrected chi connectivity index (χ2v) is 4.30. The number of nitrogens with zero attached hydrogens (tertiary/aromatic N) is 2. The molecule has 0 aliphatic heterocycles. The standard InChI is InChI=1S/C11H10BrN5O/c12-7-1-2-10(15-5-7)16-11(18)8-6-14-4-3-9(8)17-13/h1-6H,13H2,(H,14,17)(H,15,16,18). The molecule has 2 aromatic rings. The van der Waals surface area contributed by atoms with E-state index >= 15 is 0 Å². The SMILES string of the molecule is NNc1ccncc1C(=O)Nc1ccc(Br)cn1. The van der Waals surface area contributed by atoms with E-state index < -0.39 is 0 Å². The number of nitrogens with two attached hydrogens (primary N) is 1. The Balaban J connectivity index is 2.19. The maximum Gasteiger partial charge on any atom is 0.260 e. The lowest BCUT2D eigenvalue weighted by molar-refractivity contribution is 0.102. The van der Waals surface area contributed by atoms with Crippen LogP contribution in [0.3, 0.4) is 0 Å². The van der Waals surface area contributed by atoms with E-state index in [1.807, 2.05) is 0 Å². The molecule has 0 atom stereocenters. The third kappa shape index (κ3) is 2.82. The first-order chi connectivity index (χ1) is 8.70. The monoisotopic (exact) mass is 307 g/mol. The van der Waals surface area contributed by atoms with Crippen LogP contribution in [0.2, 0.25) is 0 Å². The van der Waals surface area contributed by atoms with Gasteiger partial charge in [0.2, 0.25) is 0 Å². The van der Waals surface area contributed by atoms with Gasteiger partial charge in [-0.05, 0) is 34.1 Å². The topological polar surface area (TPSA) is 92.9 Å². The Kier molecular flexibility index (Phi) is 3.85. The molecule has 0 fully saturated rings. The summed E-state index contributed by atoms with van der Waals surface area (Å²) in [6.07, 6.45) is 4.58. The number of nitrogen functional groups attached to an aromatic ring is 1. The molecule has 0 spiro atoms. The van der Waals surface area contributed by atoms with E-state index in [9.17, 15) is 4.79 Å². The number of nitrogens with one attached hydrogen (secondary N) is 2. The van der Waals surface area contributed by atoms with Crippen molar-refractivity contribution in [1.29, 1.82) is 0 Å². The molecule has 4 N–H and O–H groups in total. The normalized spacial score (nSPS) is 9.89. The van der Waals surface area contributed by atoms with Gasteiger partial charge in [0, 0.05) is 23.1 Å². The fourth-order valence-electron chi connectivity index (χ4n) is 1.33. The van der Waals surface area contributed by atoms with E-state index in [4.69, 9.17) is 5.84 Å². The number of hydrogen-bond donors (Lipinski definition) is 3. The largest absolute Gasteiger partial charge is 0.323 e. The Morgan fingerprint density at radius 3 is 2.78 bits per heavy atom. The maximum atomic E-state index is 12.0. The van der Waals surface area contributed by atoms with Crippen LogP contribution in [-0.4, -0.2) is 15.9 Å². The first kappa shape index (κ1) is 12.5. The molecule has 6 nitrogen and oxygen atoms in total. The molecule has 1 amide bonds. The fourth-order valence-corrected chi connectivity index (χ4v) is 1.57. The van der Waals surface area contributed by atoms with Gasteiger partial charge in [0.1, 0.15) is 5.82 Å². The van der Waals surface area contributed by atoms with Crippen molar-refractivity contribution in [2.24, 2.45) is 5.84 Å². The summed E-state index contributed by atoms with van der Waals surface area (Å²) >= 11 is 3.27. The fraction of sp³-hybridized carbons (Fsp3) is 0. The summed E-state index contributed by atoms with van der Waals surface area (Å²) in [5, 5.41) is 2.65. The molecule has 2 rings (SSSR count). The van der Waals surface area contributed by atoms with Crippen LogP contribution < -0.4 is 16.6 Å². The molecule has 0 saturated heterocycles. The number of carbonyl (C=O) groups is 1. The number of halogens is 1. The molecule has 18 heavy (non-hydrogen) atoms. The Morgan fingerprint density at radius 2 is 2.11 bits per heavy atom. The molecular weight excluding hydrogens is 298 g/mol. The number of rotatable bonds is 3. The molecule has 2 heterocycles. The highest BCUT2D eigenvalue weighted by molar-refractivity contribution is 9.10. The summed E-state index contributed by atoms with van der Waals surface area (Å²) in [6, 6.07) is 5.09. The maximum absolute atomic E-state index is 12.0. The number of pyridine rings is 2. The number of carbonyl (C=O) groups excluding carboxylic acids is 1. The zero-order valence-electron chi connectivity index (χ0n) is 9.22. The molecule has 0 saturated carbocycles. The van der Waals surface area contributed by atoms with E-state index in [-0.39, 0.29) is 5.91 Å². The second kappa shape index (κ2) is 5.56. The average molecular weight is 308 g/mol. The summed E-state index contributed by atoms with van der Waals surface area (Å²) in [5.74, 6) is 5.45. The van der Waals surface area contributed by atoms with Crippen LogP contribution >= 0.6 is 15.9 Å². The first-order valence-electron chi connectivity index (χ1n) is 5.04. The minimum absolute atomic E-state index is 0.328. The van der Waals surface area contributed by atoms with Crippen LogP contribution in [0, 0.1) is 0 Å². The molecule has 0 unspecified atom stereocenters.